The van der Waals surface area contributed by atoms with Crippen LogP contribution in [0.1, 0.15) is 16.8 Å². The molecule has 1 N–H and O–H groups in total. The highest BCUT2D eigenvalue weighted by Crippen LogP contribution is 2.21. The van der Waals surface area contributed by atoms with Crippen LogP contribution in [0.4, 0.5) is 11.6 Å². The molecule has 1 fully saturated rings. The predicted octanol–water partition coefficient (Wildman–Crippen LogP) is 0.730. The van der Waals surface area contributed by atoms with Crippen molar-refractivity contribution in [2.45, 2.75) is 11.3 Å². The van der Waals surface area contributed by atoms with Crippen molar-refractivity contribution >= 4 is 27.4 Å². The van der Waals surface area contributed by atoms with Gasteiger partial charge in [0.25, 0.3) is 11.6 Å². The minimum absolute atomic E-state index is 0.0499. The molecule has 1 aromatic heterocycles. The number of carbonyl (C=O) groups excluding carboxylic acids is 1. The number of carbonyl (C=O) groups is 1. The SMILES string of the molecule is CS(=O)(=O)c1cc(C(=O)NCCCN2CCN(c3ncccn3)CC2)cc([N+](=O)[O-])c1. The van der Waals surface area contributed by atoms with Gasteiger partial charge in [0.05, 0.1) is 9.82 Å². The van der Waals surface area contributed by atoms with E-state index in [1.54, 1.807) is 18.5 Å². The summed E-state index contributed by atoms with van der Waals surface area (Å²) in [5.41, 5.74) is -0.487. The van der Waals surface area contributed by atoms with E-state index in [-0.39, 0.29) is 10.5 Å². The van der Waals surface area contributed by atoms with Crippen molar-refractivity contribution < 1.29 is 18.1 Å². The number of benzene rings is 1. The first-order valence-corrected chi connectivity index (χ1v) is 11.7. The summed E-state index contributed by atoms with van der Waals surface area (Å²) in [5, 5.41) is 13.8. The van der Waals surface area contributed by atoms with E-state index >= 15 is 0 Å². The molecule has 1 aliphatic rings. The van der Waals surface area contributed by atoms with Crippen LogP contribution in [-0.4, -0.2) is 79.6 Å². The number of anilines is 1. The molecular weight excluding hydrogens is 424 g/mol. The molecule has 31 heavy (non-hydrogen) atoms. The monoisotopic (exact) mass is 448 g/mol. The third kappa shape index (κ3) is 6.18. The summed E-state index contributed by atoms with van der Waals surface area (Å²) in [4.78, 5) is 35.4. The van der Waals surface area contributed by atoms with E-state index < -0.39 is 26.4 Å². The molecule has 0 atom stereocenters. The molecule has 3 rings (SSSR count). The van der Waals surface area contributed by atoms with Crippen LogP contribution in [0.5, 0.6) is 0 Å². The maximum Gasteiger partial charge on any atom is 0.271 e. The lowest BCUT2D eigenvalue weighted by molar-refractivity contribution is -0.385. The van der Waals surface area contributed by atoms with Crippen molar-refractivity contribution in [1.82, 2.24) is 20.2 Å². The molecule has 11 nitrogen and oxygen atoms in total. The molecule has 0 bridgehead atoms. The number of nitro groups is 1. The Balaban J connectivity index is 1.48. The molecule has 0 aliphatic carbocycles. The number of nitrogens with one attached hydrogen (secondary N) is 1. The highest BCUT2D eigenvalue weighted by Gasteiger charge is 2.20. The highest BCUT2D eigenvalue weighted by atomic mass is 32.2. The Hall–Kier alpha value is -3.12. The summed E-state index contributed by atoms with van der Waals surface area (Å²) in [6.07, 6.45) is 5.08. The molecule has 2 aromatic rings. The number of hydrogen-bond acceptors (Lipinski definition) is 9. The number of nitrogens with zero attached hydrogens (tertiary/aromatic N) is 5. The minimum Gasteiger partial charge on any atom is -0.352 e. The Kier molecular flexibility index (Phi) is 7.13. The maximum atomic E-state index is 12.4. The Morgan fingerprint density at radius 3 is 2.45 bits per heavy atom. The van der Waals surface area contributed by atoms with Gasteiger partial charge in [-0.3, -0.25) is 19.8 Å². The Labute approximate surface area is 180 Å². The van der Waals surface area contributed by atoms with Crippen LogP contribution in [0.3, 0.4) is 0 Å². The second-order valence-corrected chi connectivity index (χ2v) is 9.25. The second-order valence-electron chi connectivity index (χ2n) is 7.23. The van der Waals surface area contributed by atoms with Crippen LogP contribution in [0, 0.1) is 10.1 Å². The summed E-state index contributed by atoms with van der Waals surface area (Å²) in [6, 6.07) is 4.97. The van der Waals surface area contributed by atoms with Crippen molar-refractivity contribution in [3.63, 3.8) is 0 Å². The lowest BCUT2D eigenvalue weighted by atomic mass is 10.2. The minimum atomic E-state index is -3.68. The van der Waals surface area contributed by atoms with E-state index in [2.05, 4.69) is 25.1 Å². The molecule has 166 valence electrons. The van der Waals surface area contributed by atoms with Gasteiger partial charge in [-0.1, -0.05) is 0 Å². The zero-order valence-corrected chi connectivity index (χ0v) is 17.9. The number of rotatable bonds is 8. The van der Waals surface area contributed by atoms with Gasteiger partial charge in [0.15, 0.2) is 9.84 Å². The maximum absolute atomic E-state index is 12.4. The van der Waals surface area contributed by atoms with E-state index in [9.17, 15) is 23.3 Å². The van der Waals surface area contributed by atoms with Crippen LogP contribution >= 0.6 is 0 Å². The van der Waals surface area contributed by atoms with Crippen molar-refractivity contribution in [3.05, 3.63) is 52.3 Å². The van der Waals surface area contributed by atoms with Crippen molar-refractivity contribution in [2.24, 2.45) is 0 Å². The number of piperazine rings is 1. The highest BCUT2D eigenvalue weighted by molar-refractivity contribution is 7.90. The summed E-state index contributed by atoms with van der Waals surface area (Å²) in [5.74, 6) is 0.180. The fourth-order valence-corrected chi connectivity index (χ4v) is 3.94. The van der Waals surface area contributed by atoms with Gasteiger partial charge in [-0.25, -0.2) is 18.4 Å². The van der Waals surface area contributed by atoms with E-state index in [0.717, 1.165) is 63.1 Å². The number of non-ortho nitro benzene ring substituents is 1. The molecule has 2 heterocycles. The van der Waals surface area contributed by atoms with E-state index in [1.165, 1.54) is 0 Å². The number of sulfone groups is 1. The summed E-state index contributed by atoms with van der Waals surface area (Å²) in [7, 11) is -3.68. The van der Waals surface area contributed by atoms with Crippen LogP contribution in [0.25, 0.3) is 0 Å². The first-order chi connectivity index (χ1) is 14.7. The summed E-state index contributed by atoms with van der Waals surface area (Å²) in [6.45, 7) is 4.51. The predicted molar refractivity (Wildman–Crippen MR) is 114 cm³/mol. The average Bonchev–Trinajstić information content (AvgIpc) is 2.76. The summed E-state index contributed by atoms with van der Waals surface area (Å²) >= 11 is 0. The molecule has 0 radical (unpaired) electrons. The first-order valence-electron chi connectivity index (χ1n) is 9.76. The van der Waals surface area contributed by atoms with Gasteiger partial charge in [0.1, 0.15) is 0 Å². The number of aromatic nitrogens is 2. The van der Waals surface area contributed by atoms with Gasteiger partial charge >= 0.3 is 0 Å². The number of amides is 1. The fraction of sp³-hybridized carbons (Fsp3) is 0.421. The first kappa shape index (κ1) is 22.6. The molecular formula is C19H24N6O5S. The molecule has 0 unspecified atom stereocenters. The molecule has 1 aliphatic heterocycles. The van der Waals surface area contributed by atoms with Crippen molar-refractivity contribution in [3.8, 4) is 0 Å². The normalized spacial score (nSPS) is 14.9. The topological polar surface area (TPSA) is 139 Å². The molecule has 0 spiro atoms. The third-order valence-corrected chi connectivity index (χ3v) is 6.03. The van der Waals surface area contributed by atoms with Gasteiger partial charge in [-0.2, -0.15) is 0 Å². The van der Waals surface area contributed by atoms with E-state index in [4.69, 9.17) is 0 Å². The average molecular weight is 449 g/mol. The Bertz CT molecular complexity index is 1040. The Morgan fingerprint density at radius 1 is 1.16 bits per heavy atom. The van der Waals surface area contributed by atoms with E-state index in [0.29, 0.717) is 13.0 Å². The zero-order valence-electron chi connectivity index (χ0n) is 17.1. The number of hydrogen-bond donors (Lipinski definition) is 1. The van der Waals surface area contributed by atoms with Gasteiger partial charge in [0.2, 0.25) is 5.95 Å². The largest absolute Gasteiger partial charge is 0.352 e. The van der Waals surface area contributed by atoms with E-state index in [1.807, 2.05) is 0 Å². The van der Waals surface area contributed by atoms with Crippen LogP contribution in [0.15, 0.2) is 41.6 Å². The Morgan fingerprint density at radius 2 is 1.84 bits per heavy atom. The van der Waals surface area contributed by atoms with Gasteiger partial charge in [0, 0.05) is 69.1 Å². The molecule has 1 saturated heterocycles. The van der Waals surface area contributed by atoms with Crippen LogP contribution in [-0.2, 0) is 9.84 Å². The van der Waals surface area contributed by atoms with Gasteiger partial charge in [-0.05, 0) is 25.1 Å². The van der Waals surface area contributed by atoms with Crippen molar-refractivity contribution in [2.75, 3.05) is 50.4 Å². The molecule has 1 amide bonds. The molecule has 0 saturated carbocycles. The summed E-state index contributed by atoms with van der Waals surface area (Å²) < 4.78 is 23.5. The number of nitro benzene ring substituents is 1. The molecule has 1 aromatic carbocycles. The lowest BCUT2D eigenvalue weighted by Crippen LogP contribution is -2.47. The smallest absolute Gasteiger partial charge is 0.271 e. The second kappa shape index (κ2) is 9.79. The van der Waals surface area contributed by atoms with Crippen LogP contribution < -0.4 is 10.2 Å². The van der Waals surface area contributed by atoms with Gasteiger partial charge in [-0.15, -0.1) is 0 Å². The standard InChI is InChI=1S/C19H24N6O5S/c1-31(29,30)17-13-15(12-16(14-17)25(27)28)18(26)20-6-3-7-23-8-10-24(11-9-23)19-21-4-2-5-22-19/h2,4-5,12-14H,3,6-11H2,1H3,(H,20,26). The third-order valence-electron chi connectivity index (χ3n) is 4.94. The van der Waals surface area contributed by atoms with Gasteiger partial charge < -0.3 is 10.2 Å². The zero-order chi connectivity index (χ0) is 22.4. The lowest BCUT2D eigenvalue weighted by Gasteiger charge is -2.34. The van der Waals surface area contributed by atoms with Crippen LogP contribution in [0.2, 0.25) is 0 Å². The molecule has 12 heteroatoms. The van der Waals surface area contributed by atoms with Crippen molar-refractivity contribution in [1.29, 1.82) is 0 Å². The fourth-order valence-electron chi connectivity index (χ4n) is 3.27. The quantitative estimate of drug-likeness (QED) is 0.352.